The minimum Gasteiger partial charge on any atom is -0.379 e. The molecule has 4 unspecified atom stereocenters. The van der Waals surface area contributed by atoms with Crippen molar-refractivity contribution in [2.24, 2.45) is 0 Å². The maximum absolute atomic E-state index is 6.01. The highest BCUT2D eigenvalue weighted by atomic mass is 16.9. The fourth-order valence-corrected chi connectivity index (χ4v) is 4.69. The summed E-state index contributed by atoms with van der Waals surface area (Å²) in [5, 5.41) is 0. The van der Waals surface area contributed by atoms with Gasteiger partial charge >= 0.3 is 0 Å². The van der Waals surface area contributed by atoms with E-state index in [1.165, 1.54) is 12.8 Å². The van der Waals surface area contributed by atoms with E-state index < -0.39 is 11.9 Å². The first-order chi connectivity index (χ1) is 15.8. The van der Waals surface area contributed by atoms with Gasteiger partial charge in [0.05, 0.1) is 39.6 Å². The second kappa shape index (κ2) is 13.0. The van der Waals surface area contributed by atoms with Gasteiger partial charge in [0, 0.05) is 26.1 Å². The second-order valence-electron chi connectivity index (χ2n) is 9.35. The molecule has 32 heavy (non-hydrogen) atoms. The molecule has 0 aromatic carbocycles. The number of unbranched alkanes of at least 4 members (excludes halogenated alkanes) is 3. The van der Waals surface area contributed by atoms with Crippen molar-refractivity contribution in [3.05, 3.63) is 0 Å². The molecule has 8 heteroatoms. The number of rotatable bonds is 11. The van der Waals surface area contributed by atoms with E-state index in [1.807, 2.05) is 0 Å². The first-order valence-corrected chi connectivity index (χ1v) is 12.8. The molecule has 4 aliphatic rings. The highest BCUT2D eigenvalue weighted by Crippen LogP contribution is 2.34. The van der Waals surface area contributed by atoms with E-state index in [1.54, 1.807) is 0 Å². The molecule has 0 radical (unpaired) electrons. The number of hydrogen-bond acceptors (Lipinski definition) is 8. The second-order valence-corrected chi connectivity index (χ2v) is 9.35. The van der Waals surface area contributed by atoms with Crippen molar-refractivity contribution >= 4 is 0 Å². The molecule has 186 valence electrons. The lowest BCUT2D eigenvalue weighted by Gasteiger charge is -2.25. The minimum atomic E-state index is -0.802. The Kier molecular flexibility index (Phi) is 10.0. The van der Waals surface area contributed by atoms with Gasteiger partial charge in [0.15, 0.2) is 0 Å². The van der Waals surface area contributed by atoms with Crippen LogP contribution in [0.15, 0.2) is 0 Å². The molecule has 8 nitrogen and oxygen atoms in total. The summed E-state index contributed by atoms with van der Waals surface area (Å²) in [6.45, 7) is 5.20. The molecule has 0 bridgehead atoms. The summed E-state index contributed by atoms with van der Waals surface area (Å²) in [5.74, 6) is -1.60. The van der Waals surface area contributed by atoms with Gasteiger partial charge in [-0.2, -0.15) is 0 Å². The van der Waals surface area contributed by atoms with Gasteiger partial charge in [0.25, 0.3) is 11.9 Å². The first-order valence-electron chi connectivity index (χ1n) is 12.8. The Morgan fingerprint density at radius 2 is 1.06 bits per heavy atom. The zero-order valence-corrected chi connectivity index (χ0v) is 19.6. The summed E-state index contributed by atoms with van der Waals surface area (Å²) in [5.41, 5.74) is 0. The third kappa shape index (κ3) is 7.60. The van der Waals surface area contributed by atoms with Gasteiger partial charge in [0.1, 0.15) is 12.2 Å². The molecule has 4 heterocycles. The topological polar surface area (TPSA) is 73.8 Å². The third-order valence-corrected chi connectivity index (χ3v) is 6.50. The molecule has 2 spiro atoms. The Labute approximate surface area is 192 Å². The normalized spacial score (nSPS) is 36.0. The van der Waals surface area contributed by atoms with Crippen LogP contribution < -0.4 is 0 Å². The van der Waals surface area contributed by atoms with Crippen molar-refractivity contribution in [3.63, 3.8) is 0 Å². The lowest BCUT2D eigenvalue weighted by atomic mass is 10.2. The van der Waals surface area contributed by atoms with Gasteiger partial charge < -0.3 is 37.9 Å². The van der Waals surface area contributed by atoms with Gasteiger partial charge in [-0.1, -0.05) is 25.7 Å². The zero-order valence-electron chi connectivity index (χ0n) is 19.6. The van der Waals surface area contributed by atoms with Crippen molar-refractivity contribution in [3.8, 4) is 0 Å². The lowest BCUT2D eigenvalue weighted by molar-refractivity contribution is -0.338. The van der Waals surface area contributed by atoms with E-state index in [4.69, 9.17) is 37.9 Å². The molecule has 4 fully saturated rings. The van der Waals surface area contributed by atoms with Gasteiger partial charge in [-0.15, -0.1) is 0 Å². The third-order valence-electron chi connectivity index (χ3n) is 6.50. The van der Waals surface area contributed by atoms with E-state index in [0.717, 1.165) is 77.4 Å². The predicted molar refractivity (Wildman–Crippen MR) is 116 cm³/mol. The van der Waals surface area contributed by atoms with Crippen LogP contribution in [-0.4, -0.2) is 77.0 Å². The molecule has 0 amide bonds. The van der Waals surface area contributed by atoms with E-state index in [2.05, 4.69) is 0 Å². The van der Waals surface area contributed by atoms with E-state index in [9.17, 15) is 0 Å². The van der Waals surface area contributed by atoms with Crippen LogP contribution in [-0.2, 0) is 37.9 Å². The van der Waals surface area contributed by atoms with Crippen LogP contribution >= 0.6 is 0 Å². The van der Waals surface area contributed by atoms with Crippen LogP contribution in [0.25, 0.3) is 0 Å². The summed E-state index contributed by atoms with van der Waals surface area (Å²) in [7, 11) is 0. The van der Waals surface area contributed by atoms with Crippen LogP contribution in [0.1, 0.15) is 77.0 Å². The molecular formula is C24H42O8. The lowest BCUT2D eigenvalue weighted by Crippen LogP contribution is -2.34. The largest absolute Gasteiger partial charge is 0.379 e. The molecule has 4 rings (SSSR count). The summed E-state index contributed by atoms with van der Waals surface area (Å²) in [6.07, 6.45) is 12.7. The minimum absolute atomic E-state index is 0.0224. The van der Waals surface area contributed by atoms with E-state index in [-0.39, 0.29) is 12.2 Å². The fourth-order valence-electron chi connectivity index (χ4n) is 4.69. The molecule has 0 aromatic rings. The predicted octanol–water partition coefficient (Wildman–Crippen LogP) is 3.90. The van der Waals surface area contributed by atoms with Crippen LogP contribution in [0.2, 0.25) is 0 Å². The molecule has 0 aromatic heterocycles. The average molecular weight is 459 g/mol. The number of ether oxygens (including phenoxy) is 8. The molecule has 4 saturated heterocycles. The smallest absolute Gasteiger partial charge is 0.283 e. The average Bonchev–Trinajstić information content (AvgIpc) is 3.19. The number of hydrogen-bond donors (Lipinski definition) is 0. The quantitative estimate of drug-likeness (QED) is 0.432. The Hall–Kier alpha value is -0.320. The van der Waals surface area contributed by atoms with Crippen molar-refractivity contribution in [1.29, 1.82) is 0 Å². The zero-order chi connectivity index (χ0) is 22.0. The summed E-state index contributed by atoms with van der Waals surface area (Å²) < 4.78 is 46.9. The van der Waals surface area contributed by atoms with Crippen LogP contribution in [0.4, 0.5) is 0 Å². The highest BCUT2D eigenvalue weighted by molar-refractivity contribution is 4.74. The molecule has 0 N–H and O–H groups in total. The molecule has 0 saturated carbocycles. The summed E-state index contributed by atoms with van der Waals surface area (Å²) in [6, 6.07) is 0. The van der Waals surface area contributed by atoms with Gasteiger partial charge in [-0.3, -0.25) is 0 Å². The SMILES string of the molecule is C(CCCOCC1COC2(CCCCCO2)O1)CCOCC1COC2(CCCCCO2)O1. The van der Waals surface area contributed by atoms with Crippen LogP contribution in [0, 0.1) is 0 Å². The van der Waals surface area contributed by atoms with Crippen molar-refractivity contribution < 1.29 is 37.9 Å². The maximum atomic E-state index is 6.01. The standard InChI is InChI=1S/C24H42O8/c1(7-13-25-17-21-19-29-23(31-21)11-5-3-9-15-27-23)2-8-14-26-18-22-20-30-24(32-22)12-6-4-10-16-28-24/h21-22H,1-20H2. The molecule has 4 atom stereocenters. The Morgan fingerprint density at radius 3 is 1.56 bits per heavy atom. The van der Waals surface area contributed by atoms with E-state index >= 15 is 0 Å². The van der Waals surface area contributed by atoms with Gasteiger partial charge in [-0.05, 0) is 38.5 Å². The summed E-state index contributed by atoms with van der Waals surface area (Å²) >= 11 is 0. The van der Waals surface area contributed by atoms with E-state index in [0.29, 0.717) is 39.6 Å². The first kappa shape index (κ1) is 24.8. The van der Waals surface area contributed by atoms with Gasteiger partial charge in [0.2, 0.25) is 0 Å². The maximum Gasteiger partial charge on any atom is 0.283 e. The van der Waals surface area contributed by atoms with Crippen molar-refractivity contribution in [2.75, 3.05) is 52.9 Å². The Balaban J connectivity index is 0.950. The van der Waals surface area contributed by atoms with Crippen LogP contribution in [0.3, 0.4) is 0 Å². The molecule has 0 aliphatic carbocycles. The van der Waals surface area contributed by atoms with Gasteiger partial charge in [-0.25, -0.2) is 0 Å². The Morgan fingerprint density at radius 1 is 0.562 bits per heavy atom. The van der Waals surface area contributed by atoms with Crippen LogP contribution in [0.5, 0.6) is 0 Å². The molecular weight excluding hydrogens is 416 g/mol. The van der Waals surface area contributed by atoms with Crippen molar-refractivity contribution in [1.82, 2.24) is 0 Å². The summed E-state index contributed by atoms with van der Waals surface area (Å²) in [4.78, 5) is 0. The fraction of sp³-hybridized carbons (Fsp3) is 1.00. The molecule has 4 aliphatic heterocycles. The highest BCUT2D eigenvalue weighted by Gasteiger charge is 2.44. The monoisotopic (exact) mass is 458 g/mol. The van der Waals surface area contributed by atoms with Crippen molar-refractivity contribution in [2.45, 2.75) is 101 Å². The Bertz CT molecular complexity index is 468.